The Morgan fingerprint density at radius 1 is 1.43 bits per heavy atom. The van der Waals surface area contributed by atoms with Crippen LogP contribution in [0.5, 0.6) is 0 Å². The molecule has 0 saturated carbocycles. The van der Waals surface area contributed by atoms with Crippen molar-refractivity contribution in [1.82, 2.24) is 0 Å². The zero-order valence-electron chi connectivity index (χ0n) is 13.2. The lowest BCUT2D eigenvalue weighted by atomic mass is 10.1. The molecule has 23 heavy (non-hydrogen) atoms. The SMILES string of the molecule is CCCS(=O)(=O)Nc1ccc2c(c1)N(C(=O)[C@H]1CCCO1)CC2. The molecule has 7 heteroatoms. The van der Waals surface area contributed by atoms with E-state index in [-0.39, 0.29) is 17.8 Å². The molecule has 1 N–H and O–H groups in total. The first-order valence-corrected chi connectivity index (χ1v) is 9.72. The van der Waals surface area contributed by atoms with E-state index in [1.54, 1.807) is 17.0 Å². The number of carbonyl (C=O) groups excluding carboxylic acids is 1. The number of hydrogen-bond donors (Lipinski definition) is 1. The van der Waals surface area contributed by atoms with Gasteiger partial charge in [-0.15, -0.1) is 0 Å². The second kappa shape index (κ2) is 6.49. The number of anilines is 2. The highest BCUT2D eigenvalue weighted by Crippen LogP contribution is 2.32. The van der Waals surface area contributed by atoms with Crippen molar-refractivity contribution in [2.45, 2.75) is 38.7 Å². The van der Waals surface area contributed by atoms with Crippen LogP contribution in [0.4, 0.5) is 11.4 Å². The van der Waals surface area contributed by atoms with Crippen LogP contribution in [0.1, 0.15) is 31.7 Å². The fourth-order valence-corrected chi connectivity index (χ4v) is 4.24. The molecular weight excluding hydrogens is 316 g/mol. The third-order valence-corrected chi connectivity index (χ3v) is 5.69. The van der Waals surface area contributed by atoms with Crippen LogP contribution >= 0.6 is 0 Å². The summed E-state index contributed by atoms with van der Waals surface area (Å²) in [5, 5.41) is 0. The van der Waals surface area contributed by atoms with Crippen LogP contribution in [0.15, 0.2) is 18.2 Å². The van der Waals surface area contributed by atoms with Crippen molar-refractivity contribution in [3.05, 3.63) is 23.8 Å². The molecule has 2 heterocycles. The van der Waals surface area contributed by atoms with E-state index >= 15 is 0 Å². The molecule has 0 spiro atoms. The fourth-order valence-electron chi connectivity index (χ4n) is 3.12. The number of sulfonamides is 1. The number of rotatable bonds is 5. The van der Waals surface area contributed by atoms with E-state index in [1.165, 1.54) is 0 Å². The van der Waals surface area contributed by atoms with Gasteiger partial charge in [0.25, 0.3) is 5.91 Å². The van der Waals surface area contributed by atoms with Crippen LogP contribution in [0.2, 0.25) is 0 Å². The highest BCUT2D eigenvalue weighted by Gasteiger charge is 2.32. The Morgan fingerprint density at radius 3 is 2.96 bits per heavy atom. The summed E-state index contributed by atoms with van der Waals surface area (Å²) in [5.74, 6) is 0.0673. The Kier molecular flexibility index (Phi) is 4.59. The minimum absolute atomic E-state index is 0.0187. The zero-order valence-corrected chi connectivity index (χ0v) is 14.1. The van der Waals surface area contributed by atoms with Gasteiger partial charge >= 0.3 is 0 Å². The number of ether oxygens (including phenoxy) is 1. The maximum absolute atomic E-state index is 12.6. The topological polar surface area (TPSA) is 75.7 Å². The highest BCUT2D eigenvalue weighted by molar-refractivity contribution is 7.92. The van der Waals surface area contributed by atoms with Gasteiger partial charge in [0, 0.05) is 18.8 Å². The molecule has 1 aromatic rings. The maximum Gasteiger partial charge on any atom is 0.256 e. The molecular formula is C16H22N2O4S. The van der Waals surface area contributed by atoms with Crippen LogP contribution in [0, 0.1) is 0 Å². The fraction of sp³-hybridized carbons (Fsp3) is 0.562. The minimum Gasteiger partial charge on any atom is -0.368 e. The molecule has 2 aliphatic rings. The van der Waals surface area contributed by atoms with Gasteiger partial charge in [-0.05, 0) is 43.4 Å². The van der Waals surface area contributed by atoms with Crippen LogP contribution in [0.25, 0.3) is 0 Å². The van der Waals surface area contributed by atoms with Crippen molar-refractivity contribution in [3.8, 4) is 0 Å². The molecule has 0 unspecified atom stereocenters. The molecule has 0 bridgehead atoms. The van der Waals surface area contributed by atoms with Crippen LogP contribution in [0.3, 0.4) is 0 Å². The standard InChI is InChI=1S/C16H22N2O4S/c1-2-10-23(20,21)17-13-6-5-12-7-8-18(14(12)11-13)16(19)15-4-3-9-22-15/h5-6,11,15,17H,2-4,7-10H2,1H3/t15-/m1/s1. The summed E-state index contributed by atoms with van der Waals surface area (Å²) in [5.41, 5.74) is 2.36. The van der Waals surface area contributed by atoms with Crippen molar-refractivity contribution >= 4 is 27.3 Å². The lowest BCUT2D eigenvalue weighted by Crippen LogP contribution is -2.37. The normalized spacial score (nSPS) is 20.6. The average molecular weight is 338 g/mol. The molecule has 2 aliphatic heterocycles. The van der Waals surface area contributed by atoms with E-state index in [0.717, 1.165) is 30.5 Å². The van der Waals surface area contributed by atoms with Gasteiger partial charge in [0.05, 0.1) is 11.4 Å². The second-order valence-corrected chi connectivity index (χ2v) is 7.85. The van der Waals surface area contributed by atoms with Gasteiger partial charge in [0.15, 0.2) is 0 Å². The molecule has 1 aromatic carbocycles. The Balaban J connectivity index is 1.81. The highest BCUT2D eigenvalue weighted by atomic mass is 32.2. The lowest BCUT2D eigenvalue weighted by molar-refractivity contribution is -0.127. The quantitative estimate of drug-likeness (QED) is 0.890. The zero-order chi connectivity index (χ0) is 16.4. The van der Waals surface area contributed by atoms with E-state index in [9.17, 15) is 13.2 Å². The van der Waals surface area contributed by atoms with Crippen molar-refractivity contribution < 1.29 is 17.9 Å². The van der Waals surface area contributed by atoms with E-state index in [2.05, 4.69) is 4.72 Å². The van der Waals surface area contributed by atoms with Gasteiger partial charge in [-0.1, -0.05) is 13.0 Å². The summed E-state index contributed by atoms with van der Waals surface area (Å²) in [6.07, 6.45) is 2.66. The van der Waals surface area contributed by atoms with Gasteiger partial charge in [-0.25, -0.2) is 8.42 Å². The third kappa shape index (κ3) is 3.50. The van der Waals surface area contributed by atoms with E-state index in [1.807, 2.05) is 13.0 Å². The molecule has 1 fully saturated rings. The van der Waals surface area contributed by atoms with Gasteiger partial charge < -0.3 is 9.64 Å². The van der Waals surface area contributed by atoms with E-state index in [4.69, 9.17) is 4.74 Å². The number of carbonyl (C=O) groups is 1. The predicted octanol–water partition coefficient (Wildman–Crippen LogP) is 1.91. The smallest absolute Gasteiger partial charge is 0.256 e. The third-order valence-electron chi connectivity index (χ3n) is 4.20. The number of nitrogens with zero attached hydrogens (tertiary/aromatic N) is 1. The molecule has 1 saturated heterocycles. The Morgan fingerprint density at radius 2 is 2.26 bits per heavy atom. The first kappa shape index (κ1) is 16.3. The number of fused-ring (bicyclic) bond motifs is 1. The van der Waals surface area contributed by atoms with Crippen LogP contribution in [-0.2, 0) is 26.0 Å². The van der Waals surface area contributed by atoms with Gasteiger partial charge in [0.2, 0.25) is 10.0 Å². The number of hydrogen-bond acceptors (Lipinski definition) is 4. The first-order valence-electron chi connectivity index (χ1n) is 8.06. The molecule has 0 aliphatic carbocycles. The Bertz CT molecular complexity index is 696. The van der Waals surface area contributed by atoms with Crippen molar-refractivity contribution in [2.24, 2.45) is 0 Å². The lowest BCUT2D eigenvalue weighted by Gasteiger charge is -2.21. The Hall–Kier alpha value is -1.60. The van der Waals surface area contributed by atoms with Gasteiger partial charge in [-0.3, -0.25) is 9.52 Å². The van der Waals surface area contributed by atoms with Gasteiger partial charge in [0.1, 0.15) is 6.10 Å². The predicted molar refractivity (Wildman–Crippen MR) is 89.2 cm³/mol. The Labute approximate surface area is 136 Å². The summed E-state index contributed by atoms with van der Waals surface area (Å²) < 4.78 is 31.9. The van der Waals surface area contributed by atoms with Gasteiger partial charge in [-0.2, -0.15) is 0 Å². The molecule has 1 amide bonds. The molecule has 6 nitrogen and oxygen atoms in total. The van der Waals surface area contributed by atoms with Crippen LogP contribution < -0.4 is 9.62 Å². The molecule has 126 valence electrons. The summed E-state index contributed by atoms with van der Waals surface area (Å²) in [6, 6.07) is 5.40. The van der Waals surface area contributed by atoms with E-state index < -0.39 is 10.0 Å². The van der Waals surface area contributed by atoms with Crippen LogP contribution in [-0.4, -0.2) is 39.3 Å². The number of nitrogens with one attached hydrogen (secondary N) is 1. The molecule has 0 radical (unpaired) electrons. The average Bonchev–Trinajstić information content (AvgIpc) is 3.15. The summed E-state index contributed by atoms with van der Waals surface area (Å²) in [4.78, 5) is 14.3. The second-order valence-electron chi connectivity index (χ2n) is 6.01. The first-order chi connectivity index (χ1) is 11.0. The molecule has 0 aromatic heterocycles. The minimum atomic E-state index is -3.33. The van der Waals surface area contributed by atoms with Crippen molar-refractivity contribution in [3.63, 3.8) is 0 Å². The van der Waals surface area contributed by atoms with E-state index in [0.29, 0.717) is 25.3 Å². The number of amides is 1. The summed E-state index contributed by atoms with van der Waals surface area (Å²) >= 11 is 0. The van der Waals surface area contributed by atoms with Crippen molar-refractivity contribution in [1.29, 1.82) is 0 Å². The molecule has 3 rings (SSSR count). The molecule has 1 atom stereocenters. The number of benzene rings is 1. The van der Waals surface area contributed by atoms with Crippen molar-refractivity contribution in [2.75, 3.05) is 28.5 Å². The summed E-state index contributed by atoms with van der Waals surface area (Å²) in [7, 11) is -3.33. The monoisotopic (exact) mass is 338 g/mol. The summed E-state index contributed by atoms with van der Waals surface area (Å²) in [6.45, 7) is 3.08. The maximum atomic E-state index is 12.6. The largest absolute Gasteiger partial charge is 0.368 e.